The number of nitrogens with zero attached hydrogens (tertiary/aromatic N) is 2. The van der Waals surface area contributed by atoms with E-state index in [0.717, 1.165) is 38.6 Å². The van der Waals surface area contributed by atoms with Gasteiger partial charge in [0.1, 0.15) is 5.69 Å². The summed E-state index contributed by atoms with van der Waals surface area (Å²) in [6, 6.07) is 15.9. The summed E-state index contributed by atoms with van der Waals surface area (Å²) in [6.45, 7) is 0. The Hall–Kier alpha value is -3.80. The Labute approximate surface area is 154 Å². The van der Waals surface area contributed by atoms with Crippen LogP contribution in [-0.2, 0) is 7.05 Å². The molecule has 0 fully saturated rings. The Morgan fingerprint density at radius 1 is 1.07 bits per heavy atom. The van der Waals surface area contributed by atoms with Gasteiger partial charge in [-0.05, 0) is 47.5 Å². The average molecular weight is 355 g/mol. The van der Waals surface area contributed by atoms with E-state index in [0.29, 0.717) is 5.69 Å². The molecular weight excluding hydrogens is 338 g/mol. The third kappa shape index (κ3) is 2.50. The number of nitrogens with one attached hydrogen (secondary N) is 3. The molecule has 0 bridgehead atoms. The van der Waals surface area contributed by atoms with Crippen LogP contribution in [0.1, 0.15) is 10.5 Å². The third-order valence-electron chi connectivity index (χ3n) is 4.89. The number of fused-ring (bicyclic) bond motifs is 2. The SMILES string of the molecule is Cn1cccc1C(=O)Nc1cc(-c2cccc3[nH]ccc23)cc2[nH]ncc12. The first-order chi connectivity index (χ1) is 13.2. The van der Waals surface area contributed by atoms with Gasteiger partial charge in [0, 0.05) is 35.7 Å². The van der Waals surface area contributed by atoms with Crippen LogP contribution >= 0.6 is 0 Å². The van der Waals surface area contributed by atoms with Crippen molar-refractivity contribution in [2.45, 2.75) is 0 Å². The highest BCUT2D eigenvalue weighted by Gasteiger charge is 2.14. The number of H-pyrrole nitrogens is 2. The predicted octanol–water partition coefficient (Wildman–Crippen LogP) is 4.30. The van der Waals surface area contributed by atoms with Crippen molar-refractivity contribution < 1.29 is 4.79 Å². The van der Waals surface area contributed by atoms with Crippen molar-refractivity contribution in [3.8, 4) is 11.1 Å². The van der Waals surface area contributed by atoms with Crippen LogP contribution in [0, 0.1) is 0 Å². The molecule has 3 heterocycles. The van der Waals surface area contributed by atoms with Crippen molar-refractivity contribution in [2.75, 3.05) is 5.32 Å². The second kappa shape index (κ2) is 5.88. The van der Waals surface area contributed by atoms with Gasteiger partial charge in [-0.15, -0.1) is 0 Å². The fourth-order valence-corrected chi connectivity index (χ4v) is 3.53. The molecule has 0 spiro atoms. The molecule has 0 radical (unpaired) electrons. The van der Waals surface area contributed by atoms with Crippen molar-refractivity contribution in [1.82, 2.24) is 19.7 Å². The van der Waals surface area contributed by atoms with Gasteiger partial charge in [0.25, 0.3) is 5.91 Å². The molecule has 0 saturated heterocycles. The molecule has 5 aromatic rings. The van der Waals surface area contributed by atoms with Gasteiger partial charge in [-0.2, -0.15) is 5.10 Å². The number of hydrogen-bond donors (Lipinski definition) is 3. The number of aromatic nitrogens is 4. The Bertz CT molecular complexity index is 1290. The maximum Gasteiger partial charge on any atom is 0.272 e. The first kappa shape index (κ1) is 15.5. The zero-order valence-corrected chi connectivity index (χ0v) is 14.7. The molecule has 0 atom stereocenters. The van der Waals surface area contributed by atoms with E-state index < -0.39 is 0 Å². The van der Waals surface area contributed by atoms with E-state index in [-0.39, 0.29) is 5.91 Å². The standard InChI is InChI=1S/C21H17N5O/c1-26-9-3-6-20(26)21(27)24-18-10-13(11-19-16(18)12-23-25-19)14-4-2-5-17-15(14)7-8-22-17/h2-12,22H,1H3,(H,23,25)(H,24,27). The molecule has 3 aromatic heterocycles. The zero-order chi connectivity index (χ0) is 18.4. The van der Waals surface area contributed by atoms with Crippen molar-refractivity contribution in [3.63, 3.8) is 0 Å². The lowest BCUT2D eigenvalue weighted by Crippen LogP contribution is -2.15. The van der Waals surface area contributed by atoms with E-state index in [1.807, 2.05) is 43.7 Å². The monoisotopic (exact) mass is 355 g/mol. The van der Waals surface area contributed by atoms with Gasteiger partial charge in [0.05, 0.1) is 17.4 Å². The number of carbonyl (C=O) groups excluding carboxylic acids is 1. The summed E-state index contributed by atoms with van der Waals surface area (Å²) < 4.78 is 1.80. The smallest absolute Gasteiger partial charge is 0.272 e. The quantitative estimate of drug-likeness (QED) is 0.451. The molecule has 0 saturated carbocycles. The maximum absolute atomic E-state index is 12.7. The average Bonchev–Trinajstić information content (AvgIpc) is 3.40. The number of anilines is 1. The second-order valence-electron chi connectivity index (χ2n) is 6.56. The van der Waals surface area contributed by atoms with Gasteiger partial charge in [-0.25, -0.2) is 0 Å². The molecule has 6 heteroatoms. The van der Waals surface area contributed by atoms with E-state index in [4.69, 9.17) is 0 Å². The largest absolute Gasteiger partial charge is 0.361 e. The topological polar surface area (TPSA) is 78.5 Å². The van der Waals surface area contributed by atoms with Gasteiger partial charge in [0.15, 0.2) is 0 Å². The minimum Gasteiger partial charge on any atom is -0.361 e. The van der Waals surface area contributed by atoms with E-state index in [1.54, 1.807) is 16.8 Å². The number of amides is 1. The molecule has 2 aromatic carbocycles. The highest BCUT2D eigenvalue weighted by Crippen LogP contribution is 2.34. The summed E-state index contributed by atoms with van der Waals surface area (Å²) >= 11 is 0. The number of aromatic amines is 2. The van der Waals surface area contributed by atoms with Crippen LogP contribution in [0.25, 0.3) is 32.9 Å². The molecule has 0 aliphatic rings. The first-order valence-corrected chi connectivity index (χ1v) is 8.67. The summed E-state index contributed by atoms with van der Waals surface area (Å²) in [5, 5.41) is 12.2. The summed E-state index contributed by atoms with van der Waals surface area (Å²) in [5.74, 6) is -0.151. The lowest BCUT2D eigenvalue weighted by Gasteiger charge is -2.11. The number of aryl methyl sites for hydroxylation is 1. The Morgan fingerprint density at radius 3 is 2.85 bits per heavy atom. The number of benzene rings is 2. The second-order valence-corrected chi connectivity index (χ2v) is 6.56. The zero-order valence-electron chi connectivity index (χ0n) is 14.7. The lowest BCUT2D eigenvalue weighted by atomic mass is 9.99. The van der Waals surface area contributed by atoms with Crippen molar-refractivity contribution >= 4 is 33.4 Å². The Kier molecular flexibility index (Phi) is 3.36. The summed E-state index contributed by atoms with van der Waals surface area (Å²) in [5.41, 5.74) is 5.40. The van der Waals surface area contributed by atoms with Crippen LogP contribution in [-0.4, -0.2) is 25.7 Å². The van der Waals surface area contributed by atoms with E-state index in [1.165, 1.54) is 0 Å². The molecule has 0 aliphatic carbocycles. The van der Waals surface area contributed by atoms with Gasteiger partial charge in [0.2, 0.25) is 0 Å². The molecule has 3 N–H and O–H groups in total. The molecule has 132 valence electrons. The van der Waals surface area contributed by atoms with Crippen molar-refractivity contribution in [1.29, 1.82) is 0 Å². The maximum atomic E-state index is 12.7. The van der Waals surface area contributed by atoms with Crippen LogP contribution in [0.2, 0.25) is 0 Å². The molecule has 5 rings (SSSR count). The minimum absolute atomic E-state index is 0.151. The third-order valence-corrected chi connectivity index (χ3v) is 4.89. The first-order valence-electron chi connectivity index (χ1n) is 8.67. The van der Waals surface area contributed by atoms with Crippen LogP contribution in [0.15, 0.2) is 67.1 Å². The van der Waals surface area contributed by atoms with Crippen LogP contribution in [0.3, 0.4) is 0 Å². The number of hydrogen-bond acceptors (Lipinski definition) is 2. The number of rotatable bonds is 3. The van der Waals surface area contributed by atoms with Crippen molar-refractivity contribution in [3.05, 3.63) is 72.8 Å². The Morgan fingerprint density at radius 2 is 2.00 bits per heavy atom. The summed E-state index contributed by atoms with van der Waals surface area (Å²) in [4.78, 5) is 16.0. The molecular formula is C21H17N5O. The Balaban J connectivity index is 1.65. The van der Waals surface area contributed by atoms with Crippen molar-refractivity contribution in [2.24, 2.45) is 7.05 Å². The molecule has 27 heavy (non-hydrogen) atoms. The summed E-state index contributed by atoms with van der Waals surface area (Å²) in [7, 11) is 1.85. The van der Waals surface area contributed by atoms with Gasteiger partial charge in [-0.3, -0.25) is 9.89 Å². The van der Waals surface area contributed by atoms with E-state index in [9.17, 15) is 4.79 Å². The van der Waals surface area contributed by atoms with E-state index >= 15 is 0 Å². The van der Waals surface area contributed by atoms with Crippen LogP contribution in [0.4, 0.5) is 5.69 Å². The summed E-state index contributed by atoms with van der Waals surface area (Å²) in [6.07, 6.45) is 5.52. The van der Waals surface area contributed by atoms with Gasteiger partial charge >= 0.3 is 0 Å². The fourth-order valence-electron chi connectivity index (χ4n) is 3.53. The molecule has 0 aliphatic heterocycles. The van der Waals surface area contributed by atoms with Crippen LogP contribution < -0.4 is 5.32 Å². The lowest BCUT2D eigenvalue weighted by molar-refractivity contribution is 0.101. The van der Waals surface area contributed by atoms with Crippen LogP contribution in [0.5, 0.6) is 0 Å². The van der Waals surface area contributed by atoms with E-state index in [2.05, 4.69) is 38.7 Å². The number of carbonyl (C=O) groups is 1. The fraction of sp³-hybridized carbons (Fsp3) is 0.0476. The highest BCUT2D eigenvalue weighted by molar-refractivity contribution is 6.09. The molecule has 0 unspecified atom stereocenters. The molecule has 6 nitrogen and oxygen atoms in total. The molecule has 1 amide bonds. The highest BCUT2D eigenvalue weighted by atomic mass is 16.1. The normalized spacial score (nSPS) is 11.3. The minimum atomic E-state index is -0.151. The van der Waals surface area contributed by atoms with Gasteiger partial charge < -0.3 is 14.9 Å². The predicted molar refractivity (Wildman–Crippen MR) is 107 cm³/mol. The van der Waals surface area contributed by atoms with Gasteiger partial charge in [-0.1, -0.05) is 12.1 Å².